The minimum Gasteiger partial charge on any atom is -0.755 e. The van der Waals surface area contributed by atoms with Gasteiger partial charge in [0.1, 0.15) is 4.88 Å². The Balaban J connectivity index is 2.07. The Hall–Kier alpha value is -2.99. The molecule has 0 fully saturated rings. The third-order valence-electron chi connectivity index (χ3n) is 4.09. The van der Waals surface area contributed by atoms with Gasteiger partial charge < -0.3 is 9.66 Å². The summed E-state index contributed by atoms with van der Waals surface area (Å²) in [7, 11) is 0. The molecule has 0 saturated carbocycles. The van der Waals surface area contributed by atoms with Gasteiger partial charge in [0.15, 0.2) is 0 Å². The second-order valence-corrected chi connectivity index (χ2v) is 7.96. The monoisotopic (exact) mass is 411 g/mol. The molecule has 0 amide bonds. The normalized spacial score (nSPS) is 11.6. The van der Waals surface area contributed by atoms with Crippen molar-refractivity contribution >= 4 is 39.9 Å². The van der Waals surface area contributed by atoms with Crippen LogP contribution in [-0.2, 0) is 17.7 Å². The van der Waals surface area contributed by atoms with Gasteiger partial charge in [0.05, 0.1) is 34.3 Å². The number of rotatable bonds is 6. The van der Waals surface area contributed by atoms with E-state index in [1.165, 1.54) is 0 Å². The van der Waals surface area contributed by atoms with E-state index in [9.17, 15) is 18.7 Å². The Morgan fingerprint density at radius 1 is 1.21 bits per heavy atom. The van der Waals surface area contributed by atoms with Gasteiger partial charge in [-0.2, -0.15) is 5.26 Å². The van der Waals surface area contributed by atoms with Crippen LogP contribution in [-0.4, -0.2) is 19.8 Å². The summed E-state index contributed by atoms with van der Waals surface area (Å²) in [5.41, 5.74) is 2.56. The van der Waals surface area contributed by atoms with Crippen LogP contribution in [0.25, 0.3) is 0 Å². The molecule has 3 rings (SSSR count). The number of thiophene rings is 1. The van der Waals surface area contributed by atoms with Crippen LogP contribution in [0.1, 0.15) is 31.2 Å². The molecule has 0 saturated heterocycles. The maximum Gasteiger partial charge on any atom is 0.348 e. The number of hydrogen-bond donors (Lipinski definition) is 1. The predicted molar refractivity (Wildman–Crippen MR) is 107 cm³/mol. The summed E-state index contributed by atoms with van der Waals surface area (Å²) in [5.74, 6) is -1.19. The number of carboxylic acids is 1. The highest BCUT2D eigenvalue weighted by atomic mass is 32.2. The van der Waals surface area contributed by atoms with Crippen LogP contribution in [0, 0.1) is 18.3 Å². The third kappa shape index (κ3) is 4.12. The first-order valence-electron chi connectivity index (χ1n) is 8.21. The molecule has 1 unspecified atom stereocenters. The summed E-state index contributed by atoms with van der Waals surface area (Å²) in [4.78, 5) is 12.4. The molecule has 0 aliphatic carbocycles. The van der Waals surface area contributed by atoms with E-state index in [-0.39, 0.29) is 10.6 Å². The third-order valence-corrected chi connectivity index (χ3v) is 5.90. The number of carboxylic acid groups (broad SMARTS) is 1. The number of para-hydroxylation sites is 1. The highest BCUT2D eigenvalue weighted by Crippen LogP contribution is 2.38. The molecule has 0 spiro atoms. The number of carbonyl (C=O) groups is 1. The summed E-state index contributed by atoms with van der Waals surface area (Å²) in [6.45, 7) is 1.76. The summed E-state index contributed by atoms with van der Waals surface area (Å²) in [6, 6.07) is 17.5. The van der Waals surface area contributed by atoms with Gasteiger partial charge in [-0.15, -0.1) is 11.3 Å². The fraction of sp³-hybridized carbons (Fsp3) is 0.100. The second kappa shape index (κ2) is 8.35. The van der Waals surface area contributed by atoms with E-state index in [0.29, 0.717) is 28.1 Å². The van der Waals surface area contributed by atoms with Crippen LogP contribution in [0.4, 0.5) is 11.4 Å². The Morgan fingerprint density at radius 3 is 2.61 bits per heavy atom. The van der Waals surface area contributed by atoms with Crippen molar-refractivity contribution in [1.29, 1.82) is 5.26 Å². The van der Waals surface area contributed by atoms with Gasteiger partial charge in [0, 0.05) is 11.3 Å². The Morgan fingerprint density at radius 2 is 1.96 bits per heavy atom. The van der Waals surface area contributed by atoms with E-state index >= 15 is 0 Å². The number of aromatic carboxylic acids is 1. The van der Waals surface area contributed by atoms with Gasteiger partial charge in [0.25, 0.3) is 0 Å². The summed E-state index contributed by atoms with van der Waals surface area (Å²) < 4.78 is 25.0. The van der Waals surface area contributed by atoms with Crippen LogP contribution in [0.2, 0.25) is 0 Å². The van der Waals surface area contributed by atoms with Gasteiger partial charge in [0.2, 0.25) is 0 Å². The second-order valence-electron chi connectivity index (χ2n) is 6.02. The van der Waals surface area contributed by atoms with Crippen LogP contribution in [0.5, 0.6) is 0 Å². The molecule has 3 aromatic rings. The van der Waals surface area contributed by atoms with Gasteiger partial charge in [-0.25, -0.2) is 4.79 Å². The number of nitrogens with zero attached hydrogens (tertiary/aromatic N) is 2. The molecule has 1 heterocycles. The van der Waals surface area contributed by atoms with Gasteiger partial charge >= 0.3 is 5.97 Å². The van der Waals surface area contributed by atoms with E-state index in [2.05, 4.69) is 6.07 Å². The molecule has 1 aromatic heterocycles. The lowest BCUT2D eigenvalue weighted by Gasteiger charge is -2.27. The fourth-order valence-electron chi connectivity index (χ4n) is 2.86. The number of anilines is 2. The molecule has 0 aliphatic rings. The van der Waals surface area contributed by atoms with Crippen LogP contribution >= 0.6 is 11.3 Å². The van der Waals surface area contributed by atoms with Crippen molar-refractivity contribution < 1.29 is 18.7 Å². The lowest BCUT2D eigenvalue weighted by Crippen LogP contribution is -2.21. The average Bonchev–Trinajstić information content (AvgIpc) is 3.07. The van der Waals surface area contributed by atoms with Crippen LogP contribution in [0.15, 0.2) is 54.6 Å². The first kappa shape index (κ1) is 19.8. The Kier molecular flexibility index (Phi) is 5.90. The van der Waals surface area contributed by atoms with E-state index in [4.69, 9.17) is 5.26 Å². The first-order valence-corrected chi connectivity index (χ1v) is 10.1. The van der Waals surface area contributed by atoms with Gasteiger partial charge in [-0.05, 0) is 42.3 Å². The van der Waals surface area contributed by atoms with Crippen molar-refractivity contribution in [3.8, 4) is 6.07 Å². The maximum absolute atomic E-state index is 12.0. The van der Waals surface area contributed by atoms with Crippen molar-refractivity contribution in [3.63, 3.8) is 0 Å². The summed E-state index contributed by atoms with van der Waals surface area (Å²) in [5, 5.41) is 18.6. The van der Waals surface area contributed by atoms with Gasteiger partial charge in [-0.3, -0.25) is 8.51 Å². The lowest BCUT2D eigenvalue weighted by atomic mass is 10.1. The van der Waals surface area contributed by atoms with E-state index in [0.717, 1.165) is 21.2 Å². The standard InChI is InChI=1S/C20H16N2O4S2/c1-13-5-2-3-8-17(13)22(28(25)26)18-11-16(27-19(18)20(23)24)10-14-6-4-7-15(9-14)12-21/h2-9,11H,10H2,1H3,(H,23,24)(H,25,26)/p-1. The highest BCUT2D eigenvalue weighted by molar-refractivity contribution is 7.81. The quantitative estimate of drug-likeness (QED) is 0.614. The summed E-state index contributed by atoms with van der Waals surface area (Å²) in [6.07, 6.45) is 0.396. The Labute approximate surface area is 168 Å². The predicted octanol–water partition coefficient (Wildman–Crippen LogP) is 4.15. The largest absolute Gasteiger partial charge is 0.755 e. The SMILES string of the molecule is Cc1ccccc1N(c1cc(Cc2cccc(C#N)c2)sc1C(=O)O)S(=O)[O-]. The number of aryl methyl sites for hydroxylation is 1. The highest BCUT2D eigenvalue weighted by Gasteiger charge is 2.23. The molecule has 1 N–H and O–H groups in total. The van der Waals surface area contributed by atoms with Crippen molar-refractivity contribution in [1.82, 2.24) is 0 Å². The van der Waals surface area contributed by atoms with Gasteiger partial charge in [-0.1, -0.05) is 30.3 Å². The van der Waals surface area contributed by atoms with Crippen molar-refractivity contribution in [2.45, 2.75) is 13.3 Å². The molecule has 142 valence electrons. The fourth-order valence-corrected chi connectivity index (χ4v) is 4.60. The van der Waals surface area contributed by atoms with E-state index in [1.54, 1.807) is 55.5 Å². The smallest absolute Gasteiger partial charge is 0.348 e. The molecule has 8 heteroatoms. The first-order chi connectivity index (χ1) is 13.4. The molecule has 6 nitrogen and oxygen atoms in total. The number of nitriles is 1. The average molecular weight is 411 g/mol. The Bertz CT molecular complexity index is 1100. The molecule has 2 aromatic carbocycles. The van der Waals surface area contributed by atoms with Crippen LogP contribution in [0.3, 0.4) is 0 Å². The van der Waals surface area contributed by atoms with Crippen LogP contribution < -0.4 is 4.31 Å². The van der Waals surface area contributed by atoms with Crippen molar-refractivity contribution in [2.24, 2.45) is 0 Å². The molecule has 0 radical (unpaired) electrons. The molecule has 1 atom stereocenters. The minimum absolute atomic E-state index is 0.0566. The lowest BCUT2D eigenvalue weighted by molar-refractivity contribution is 0.0703. The zero-order chi connectivity index (χ0) is 20.3. The molecule has 0 bridgehead atoms. The zero-order valence-corrected chi connectivity index (χ0v) is 16.4. The number of hydrogen-bond acceptors (Lipinski definition) is 5. The maximum atomic E-state index is 12.0. The topological polar surface area (TPSA) is 104 Å². The number of benzene rings is 2. The van der Waals surface area contributed by atoms with E-state index in [1.807, 2.05) is 6.07 Å². The van der Waals surface area contributed by atoms with E-state index < -0.39 is 17.2 Å². The molecular weight excluding hydrogens is 396 g/mol. The van der Waals surface area contributed by atoms with Crippen molar-refractivity contribution in [3.05, 3.63) is 81.0 Å². The zero-order valence-electron chi connectivity index (χ0n) is 14.8. The summed E-state index contributed by atoms with van der Waals surface area (Å²) >= 11 is -1.67. The molecular formula is C20H15N2O4S2-. The molecule has 0 aliphatic heterocycles. The van der Waals surface area contributed by atoms with Crippen molar-refractivity contribution in [2.75, 3.05) is 4.31 Å². The minimum atomic E-state index is -2.70. The molecule has 28 heavy (non-hydrogen) atoms.